The molecule has 0 aliphatic rings. The van der Waals surface area contributed by atoms with Gasteiger partial charge in [-0.15, -0.1) is 11.8 Å². The van der Waals surface area contributed by atoms with E-state index in [2.05, 4.69) is 27.3 Å². The average Bonchev–Trinajstić information content (AvgIpc) is 2.41. The zero-order valence-corrected chi connectivity index (χ0v) is 13.8. The fourth-order valence-electron chi connectivity index (χ4n) is 1.64. The molecule has 2 nitrogen and oxygen atoms in total. The molecule has 0 aromatic heterocycles. The van der Waals surface area contributed by atoms with Gasteiger partial charge >= 0.3 is 0 Å². The second-order valence-electron chi connectivity index (χ2n) is 4.15. The Morgan fingerprint density at radius 2 is 2.00 bits per heavy atom. The molecule has 104 valence electrons. The number of carbonyl (C=O) groups is 1. The third-order valence-electron chi connectivity index (χ3n) is 2.54. The summed E-state index contributed by atoms with van der Waals surface area (Å²) >= 11 is 11.0. The van der Waals surface area contributed by atoms with Gasteiger partial charge in [0.25, 0.3) is 0 Å². The number of rotatable bonds is 5. The molecule has 0 aliphatic heterocycles. The van der Waals surface area contributed by atoms with Crippen LogP contribution in [0.2, 0.25) is 5.02 Å². The number of hydrogen-bond acceptors (Lipinski definition) is 2. The molecule has 0 fully saturated rings. The predicted octanol–water partition coefficient (Wildman–Crippen LogP) is 4.97. The maximum Gasteiger partial charge on any atom is 0.234 e. The molecule has 0 unspecified atom stereocenters. The number of amides is 1. The topological polar surface area (TPSA) is 29.1 Å². The summed E-state index contributed by atoms with van der Waals surface area (Å²) in [5.74, 6) is 1.16. The predicted molar refractivity (Wildman–Crippen MR) is 90.4 cm³/mol. The molecule has 0 bridgehead atoms. The van der Waals surface area contributed by atoms with Crippen molar-refractivity contribution in [3.63, 3.8) is 0 Å². The van der Waals surface area contributed by atoms with Crippen molar-refractivity contribution in [2.45, 2.75) is 5.75 Å². The largest absolute Gasteiger partial charge is 0.324 e. The van der Waals surface area contributed by atoms with E-state index in [1.54, 1.807) is 23.9 Å². The van der Waals surface area contributed by atoms with Gasteiger partial charge in [-0.3, -0.25) is 4.79 Å². The third kappa shape index (κ3) is 4.85. The van der Waals surface area contributed by atoms with E-state index in [1.165, 1.54) is 5.56 Å². The molecule has 1 N–H and O–H groups in total. The van der Waals surface area contributed by atoms with E-state index >= 15 is 0 Å². The molecule has 2 aromatic carbocycles. The van der Waals surface area contributed by atoms with E-state index < -0.39 is 0 Å². The summed E-state index contributed by atoms with van der Waals surface area (Å²) in [4.78, 5) is 11.8. The Kier molecular flexibility index (Phi) is 5.95. The van der Waals surface area contributed by atoms with E-state index in [4.69, 9.17) is 11.6 Å². The Morgan fingerprint density at radius 3 is 2.75 bits per heavy atom. The van der Waals surface area contributed by atoms with Crippen LogP contribution < -0.4 is 5.32 Å². The van der Waals surface area contributed by atoms with Gasteiger partial charge in [-0.05, 0) is 29.8 Å². The van der Waals surface area contributed by atoms with Crippen LogP contribution in [0.1, 0.15) is 5.56 Å². The fourth-order valence-corrected chi connectivity index (χ4v) is 3.04. The highest BCUT2D eigenvalue weighted by atomic mass is 79.9. The minimum absolute atomic E-state index is 0.0434. The van der Waals surface area contributed by atoms with E-state index in [0.29, 0.717) is 16.5 Å². The molecule has 0 radical (unpaired) electrons. The number of thioether (sulfide) groups is 1. The Labute approximate surface area is 136 Å². The number of benzene rings is 2. The smallest absolute Gasteiger partial charge is 0.234 e. The van der Waals surface area contributed by atoms with Gasteiger partial charge in [0.15, 0.2) is 0 Å². The quantitative estimate of drug-likeness (QED) is 0.804. The van der Waals surface area contributed by atoms with E-state index in [-0.39, 0.29) is 5.91 Å². The summed E-state index contributed by atoms with van der Waals surface area (Å²) < 4.78 is 1.05. The van der Waals surface area contributed by atoms with Crippen molar-refractivity contribution in [3.05, 3.63) is 63.6 Å². The Bertz CT molecular complexity index is 606. The number of para-hydroxylation sites is 1. The molecule has 0 atom stereocenters. The van der Waals surface area contributed by atoms with Crippen molar-refractivity contribution in [1.29, 1.82) is 0 Å². The molecular formula is C15H13BrClNOS. The van der Waals surface area contributed by atoms with Crippen molar-refractivity contribution in [3.8, 4) is 0 Å². The molecule has 20 heavy (non-hydrogen) atoms. The SMILES string of the molecule is O=C(CSCc1cccc(Br)c1)Nc1ccccc1Cl. The number of anilines is 1. The van der Waals surface area contributed by atoms with E-state index in [9.17, 15) is 4.79 Å². The summed E-state index contributed by atoms with van der Waals surface area (Å²) in [5.41, 5.74) is 1.84. The fraction of sp³-hybridized carbons (Fsp3) is 0.133. The number of halogens is 2. The van der Waals surface area contributed by atoms with Crippen molar-refractivity contribution in [1.82, 2.24) is 0 Å². The standard InChI is InChI=1S/C15H13BrClNOS/c16-12-5-3-4-11(8-12)9-20-10-15(19)18-14-7-2-1-6-13(14)17/h1-8H,9-10H2,(H,18,19). The molecule has 0 heterocycles. The lowest BCUT2D eigenvalue weighted by molar-refractivity contribution is -0.113. The van der Waals surface area contributed by atoms with Gasteiger partial charge in [-0.2, -0.15) is 0 Å². The maximum atomic E-state index is 11.8. The highest BCUT2D eigenvalue weighted by Gasteiger charge is 2.05. The summed E-state index contributed by atoms with van der Waals surface area (Å²) in [6.07, 6.45) is 0. The van der Waals surface area contributed by atoms with Gasteiger partial charge in [0.2, 0.25) is 5.91 Å². The number of nitrogens with one attached hydrogen (secondary N) is 1. The van der Waals surface area contributed by atoms with Gasteiger partial charge in [0, 0.05) is 10.2 Å². The lowest BCUT2D eigenvalue weighted by Gasteiger charge is -2.07. The molecule has 0 saturated carbocycles. The van der Waals surface area contributed by atoms with Gasteiger partial charge in [0.1, 0.15) is 0 Å². The van der Waals surface area contributed by atoms with Crippen LogP contribution in [0, 0.1) is 0 Å². The third-order valence-corrected chi connectivity index (χ3v) is 4.37. The monoisotopic (exact) mass is 369 g/mol. The highest BCUT2D eigenvalue weighted by molar-refractivity contribution is 9.10. The summed E-state index contributed by atoms with van der Waals surface area (Å²) in [5, 5.41) is 3.36. The lowest BCUT2D eigenvalue weighted by Crippen LogP contribution is -2.14. The first-order valence-corrected chi connectivity index (χ1v) is 8.34. The van der Waals surface area contributed by atoms with E-state index in [0.717, 1.165) is 10.2 Å². The first-order chi connectivity index (χ1) is 9.65. The van der Waals surface area contributed by atoms with Crippen LogP contribution in [0.25, 0.3) is 0 Å². The highest BCUT2D eigenvalue weighted by Crippen LogP contribution is 2.21. The van der Waals surface area contributed by atoms with Gasteiger partial charge in [-0.1, -0.05) is 51.8 Å². The van der Waals surface area contributed by atoms with Crippen molar-refractivity contribution in [2.24, 2.45) is 0 Å². The zero-order chi connectivity index (χ0) is 14.4. The van der Waals surface area contributed by atoms with Crippen LogP contribution >= 0.6 is 39.3 Å². The second kappa shape index (κ2) is 7.72. The zero-order valence-electron chi connectivity index (χ0n) is 10.6. The minimum Gasteiger partial charge on any atom is -0.324 e. The van der Waals surface area contributed by atoms with Crippen LogP contribution in [0.4, 0.5) is 5.69 Å². The van der Waals surface area contributed by atoms with Crippen molar-refractivity contribution >= 4 is 50.9 Å². The number of carbonyl (C=O) groups excluding carboxylic acids is 1. The molecule has 5 heteroatoms. The molecule has 0 aliphatic carbocycles. The van der Waals surface area contributed by atoms with Gasteiger partial charge in [0.05, 0.1) is 16.5 Å². The van der Waals surface area contributed by atoms with Gasteiger partial charge in [-0.25, -0.2) is 0 Å². The first-order valence-electron chi connectivity index (χ1n) is 6.02. The summed E-state index contributed by atoms with van der Waals surface area (Å²) in [7, 11) is 0. The maximum absolute atomic E-state index is 11.8. The van der Waals surface area contributed by atoms with Crippen molar-refractivity contribution < 1.29 is 4.79 Å². The minimum atomic E-state index is -0.0434. The van der Waals surface area contributed by atoms with Crippen molar-refractivity contribution in [2.75, 3.05) is 11.1 Å². The molecule has 0 saturated heterocycles. The molecular weight excluding hydrogens is 358 g/mol. The van der Waals surface area contributed by atoms with Crippen LogP contribution in [0.15, 0.2) is 53.0 Å². The first kappa shape index (κ1) is 15.4. The van der Waals surface area contributed by atoms with Crippen LogP contribution in [-0.4, -0.2) is 11.7 Å². The van der Waals surface area contributed by atoms with Crippen LogP contribution in [0.3, 0.4) is 0 Å². The molecule has 2 rings (SSSR count). The summed E-state index contributed by atoms with van der Waals surface area (Å²) in [6.45, 7) is 0. The average molecular weight is 371 g/mol. The Hall–Kier alpha value is -0.970. The van der Waals surface area contributed by atoms with Crippen LogP contribution in [0.5, 0.6) is 0 Å². The lowest BCUT2D eigenvalue weighted by atomic mass is 10.2. The second-order valence-corrected chi connectivity index (χ2v) is 6.46. The Balaban J connectivity index is 1.80. The van der Waals surface area contributed by atoms with Gasteiger partial charge < -0.3 is 5.32 Å². The molecule has 0 spiro atoms. The van der Waals surface area contributed by atoms with E-state index in [1.807, 2.05) is 30.3 Å². The molecule has 1 amide bonds. The number of hydrogen-bond donors (Lipinski definition) is 1. The van der Waals surface area contributed by atoms with Crippen LogP contribution in [-0.2, 0) is 10.5 Å². The summed E-state index contributed by atoms with van der Waals surface area (Å²) in [6, 6.07) is 15.3. The Morgan fingerprint density at radius 1 is 1.20 bits per heavy atom. The molecule has 2 aromatic rings. The normalized spacial score (nSPS) is 10.3.